The number of aromatic nitrogens is 2. The van der Waals surface area contributed by atoms with Gasteiger partial charge in [-0.2, -0.15) is 0 Å². The van der Waals surface area contributed by atoms with Crippen LogP contribution in [0.1, 0.15) is 23.0 Å². The molecule has 0 aliphatic rings. The number of anilines is 2. The second-order valence-corrected chi connectivity index (χ2v) is 7.69. The molecular formula is C24H25N5O2. The molecule has 0 radical (unpaired) electrons. The number of urea groups is 1. The molecule has 5 N–H and O–H groups in total. The Bertz CT molecular complexity index is 1240. The molecule has 0 aliphatic carbocycles. The van der Waals surface area contributed by atoms with Crippen LogP contribution in [-0.4, -0.2) is 20.7 Å². The lowest BCUT2D eigenvalue weighted by atomic mass is 10.0. The highest BCUT2D eigenvalue weighted by Crippen LogP contribution is 2.36. The first-order chi connectivity index (χ1) is 14.8. The largest absolute Gasteiger partial charge is 0.373 e. The summed E-state index contributed by atoms with van der Waals surface area (Å²) in [5.74, 6) is 0. The highest BCUT2D eigenvalue weighted by molar-refractivity contribution is 6.01. The van der Waals surface area contributed by atoms with Crippen molar-refractivity contribution in [1.82, 2.24) is 9.55 Å². The zero-order chi connectivity index (χ0) is 22.1. The van der Waals surface area contributed by atoms with Crippen molar-refractivity contribution in [3.8, 4) is 11.1 Å². The molecule has 2 aromatic heterocycles. The van der Waals surface area contributed by atoms with Crippen LogP contribution in [0.2, 0.25) is 0 Å². The van der Waals surface area contributed by atoms with E-state index in [9.17, 15) is 9.90 Å². The second-order valence-electron chi connectivity index (χ2n) is 7.69. The second kappa shape index (κ2) is 8.22. The summed E-state index contributed by atoms with van der Waals surface area (Å²) in [6.07, 6.45) is 2.33. The maximum atomic E-state index is 12.4. The van der Waals surface area contributed by atoms with E-state index in [0.717, 1.165) is 38.8 Å². The average molecular weight is 415 g/mol. The number of aliphatic hydroxyl groups excluding tert-OH is 1. The molecule has 158 valence electrons. The summed E-state index contributed by atoms with van der Waals surface area (Å²) < 4.78 is 1.85. The molecule has 4 aromatic rings. The van der Waals surface area contributed by atoms with E-state index in [-0.39, 0.29) is 6.03 Å². The van der Waals surface area contributed by atoms with Crippen LogP contribution in [0.4, 0.5) is 16.2 Å². The number of amides is 2. The van der Waals surface area contributed by atoms with Crippen LogP contribution in [0.15, 0.2) is 60.9 Å². The van der Waals surface area contributed by atoms with Crippen molar-refractivity contribution < 1.29 is 9.90 Å². The number of hydrogen-bond donors (Lipinski definition) is 4. The Morgan fingerprint density at radius 3 is 2.32 bits per heavy atom. The van der Waals surface area contributed by atoms with Gasteiger partial charge in [-0.3, -0.25) is 4.98 Å². The van der Waals surface area contributed by atoms with Crippen LogP contribution < -0.4 is 16.4 Å². The van der Waals surface area contributed by atoms with Gasteiger partial charge in [0.05, 0.1) is 17.4 Å². The van der Waals surface area contributed by atoms with Crippen molar-refractivity contribution >= 4 is 28.3 Å². The number of carbonyl (C=O) groups is 1. The van der Waals surface area contributed by atoms with E-state index in [2.05, 4.69) is 21.7 Å². The van der Waals surface area contributed by atoms with Gasteiger partial charge in [0, 0.05) is 35.6 Å². The van der Waals surface area contributed by atoms with Crippen LogP contribution in [0.5, 0.6) is 0 Å². The van der Waals surface area contributed by atoms with Gasteiger partial charge in [0.25, 0.3) is 0 Å². The minimum Gasteiger partial charge on any atom is -0.373 e. The van der Waals surface area contributed by atoms with Gasteiger partial charge in [0.1, 0.15) is 6.23 Å². The van der Waals surface area contributed by atoms with E-state index in [4.69, 9.17) is 5.73 Å². The van der Waals surface area contributed by atoms with E-state index in [1.54, 1.807) is 12.4 Å². The first-order valence-electron chi connectivity index (χ1n) is 9.96. The van der Waals surface area contributed by atoms with E-state index < -0.39 is 6.23 Å². The smallest absolute Gasteiger partial charge is 0.323 e. The molecule has 7 nitrogen and oxygen atoms in total. The van der Waals surface area contributed by atoms with Gasteiger partial charge in [-0.15, -0.1) is 0 Å². The van der Waals surface area contributed by atoms with Crippen LogP contribution in [0.3, 0.4) is 0 Å². The van der Waals surface area contributed by atoms with Crippen molar-refractivity contribution in [2.45, 2.75) is 20.1 Å². The molecule has 0 spiro atoms. The maximum absolute atomic E-state index is 12.4. The van der Waals surface area contributed by atoms with Crippen molar-refractivity contribution in [2.75, 3.05) is 10.6 Å². The quantitative estimate of drug-likeness (QED) is 0.370. The predicted molar refractivity (Wildman–Crippen MR) is 124 cm³/mol. The minimum atomic E-state index is -1.13. The Labute approximate surface area is 180 Å². The average Bonchev–Trinajstić information content (AvgIpc) is 3.01. The molecule has 31 heavy (non-hydrogen) atoms. The lowest BCUT2D eigenvalue weighted by Gasteiger charge is -2.12. The number of benzene rings is 2. The van der Waals surface area contributed by atoms with E-state index in [1.807, 2.05) is 67.9 Å². The van der Waals surface area contributed by atoms with Crippen LogP contribution in [0, 0.1) is 13.8 Å². The number of carbonyl (C=O) groups excluding carboxylic acids is 1. The van der Waals surface area contributed by atoms with Crippen LogP contribution in [-0.2, 0) is 7.05 Å². The molecule has 1 unspecified atom stereocenters. The van der Waals surface area contributed by atoms with Crippen LogP contribution in [0.25, 0.3) is 22.0 Å². The molecule has 0 aliphatic heterocycles. The predicted octanol–water partition coefficient (Wildman–Crippen LogP) is 4.45. The van der Waals surface area contributed by atoms with Crippen molar-refractivity contribution in [3.63, 3.8) is 0 Å². The maximum Gasteiger partial charge on any atom is 0.323 e. The highest BCUT2D eigenvalue weighted by atomic mass is 16.3. The Morgan fingerprint density at radius 1 is 1.03 bits per heavy atom. The number of pyridine rings is 1. The fourth-order valence-corrected chi connectivity index (χ4v) is 4.01. The molecule has 1 atom stereocenters. The van der Waals surface area contributed by atoms with Gasteiger partial charge in [-0.1, -0.05) is 18.2 Å². The lowest BCUT2D eigenvalue weighted by Crippen LogP contribution is -2.19. The van der Waals surface area contributed by atoms with Crippen LogP contribution >= 0.6 is 0 Å². The van der Waals surface area contributed by atoms with Crippen molar-refractivity contribution in [2.24, 2.45) is 12.8 Å². The fourth-order valence-electron chi connectivity index (χ4n) is 4.01. The summed E-state index contributed by atoms with van der Waals surface area (Å²) in [5, 5.41) is 16.8. The highest BCUT2D eigenvalue weighted by Gasteiger charge is 2.20. The Balaban J connectivity index is 1.59. The Hall–Kier alpha value is -3.68. The first-order valence-corrected chi connectivity index (χ1v) is 9.96. The van der Waals surface area contributed by atoms with Gasteiger partial charge in [0.15, 0.2) is 0 Å². The number of aliphatic hydroxyl groups is 1. The number of rotatable bonds is 4. The number of nitrogens with two attached hydrogens (primary N) is 1. The third kappa shape index (κ3) is 4.14. The third-order valence-corrected chi connectivity index (χ3v) is 5.24. The molecule has 4 rings (SSSR count). The first kappa shape index (κ1) is 20.6. The molecule has 2 heterocycles. The Kier molecular flexibility index (Phi) is 5.46. The lowest BCUT2D eigenvalue weighted by molar-refractivity contribution is 0.179. The summed E-state index contributed by atoms with van der Waals surface area (Å²) in [7, 11) is 1.85. The molecule has 0 saturated carbocycles. The minimum absolute atomic E-state index is 0.313. The summed E-state index contributed by atoms with van der Waals surface area (Å²) >= 11 is 0. The number of fused-ring (bicyclic) bond motifs is 1. The summed E-state index contributed by atoms with van der Waals surface area (Å²) in [6, 6.07) is 14.9. The number of hydrogen-bond acceptors (Lipinski definition) is 4. The summed E-state index contributed by atoms with van der Waals surface area (Å²) in [6.45, 7) is 3.98. The van der Waals surface area contributed by atoms with Gasteiger partial charge in [0.2, 0.25) is 0 Å². The van der Waals surface area contributed by atoms with Gasteiger partial charge in [-0.25, -0.2) is 4.79 Å². The normalized spacial score (nSPS) is 12.0. The molecule has 7 heteroatoms. The standard InChI is InChI=1S/C24H25N5O2/c1-14-10-15(2)12-18(11-14)28-24(31)27-17-6-4-16(5-7-17)21-19-8-9-26-13-20(19)29(3)22(21)23(25)30/h4-13,23,30H,25H2,1-3H3,(H2,27,28,31). The van der Waals surface area contributed by atoms with Gasteiger partial charge in [-0.05, 0) is 60.9 Å². The molecule has 0 saturated heterocycles. The zero-order valence-corrected chi connectivity index (χ0v) is 17.7. The Morgan fingerprint density at radius 2 is 1.68 bits per heavy atom. The number of nitrogens with zero attached hydrogens (tertiary/aromatic N) is 2. The molecule has 2 aromatic carbocycles. The summed E-state index contributed by atoms with van der Waals surface area (Å²) in [4.78, 5) is 16.6. The van der Waals surface area contributed by atoms with E-state index in [1.165, 1.54) is 0 Å². The number of aryl methyl sites for hydroxylation is 3. The van der Waals surface area contributed by atoms with Crippen molar-refractivity contribution in [1.29, 1.82) is 0 Å². The van der Waals surface area contributed by atoms with Gasteiger partial charge < -0.3 is 26.0 Å². The number of nitrogens with one attached hydrogen (secondary N) is 2. The SMILES string of the molecule is Cc1cc(C)cc(NC(=O)Nc2ccc(-c3c(C(N)O)n(C)c4cnccc34)cc2)c1. The molecule has 0 bridgehead atoms. The van der Waals surface area contributed by atoms with E-state index in [0.29, 0.717) is 11.4 Å². The van der Waals surface area contributed by atoms with Gasteiger partial charge >= 0.3 is 6.03 Å². The zero-order valence-electron chi connectivity index (χ0n) is 17.7. The molecular weight excluding hydrogens is 390 g/mol. The monoisotopic (exact) mass is 415 g/mol. The van der Waals surface area contributed by atoms with Crippen molar-refractivity contribution in [3.05, 3.63) is 77.7 Å². The fraction of sp³-hybridized carbons (Fsp3) is 0.167. The summed E-state index contributed by atoms with van der Waals surface area (Å²) in [5.41, 5.74) is 12.7. The third-order valence-electron chi connectivity index (χ3n) is 5.24. The molecule has 0 fully saturated rings. The molecule has 2 amide bonds. The van der Waals surface area contributed by atoms with E-state index >= 15 is 0 Å². The topological polar surface area (TPSA) is 105 Å².